The fraction of sp³-hybridized carbons (Fsp3) is 0.583. The fourth-order valence-corrected chi connectivity index (χ4v) is 3.17. The van der Waals surface area contributed by atoms with E-state index in [1.807, 2.05) is 0 Å². The molecule has 0 amide bonds. The highest BCUT2D eigenvalue weighted by molar-refractivity contribution is 7.90. The van der Waals surface area contributed by atoms with Crippen molar-refractivity contribution in [2.75, 3.05) is 18.1 Å². The zero-order chi connectivity index (χ0) is 13.2. The molecule has 2 atom stereocenters. The number of anilines is 1. The molecule has 0 radical (unpaired) electrons. The highest BCUT2D eigenvalue weighted by Gasteiger charge is 2.24. The normalized spacial score (nSPS) is 24.1. The Morgan fingerprint density at radius 1 is 1.50 bits per heavy atom. The first kappa shape index (κ1) is 13.3. The molecule has 1 aliphatic carbocycles. The predicted octanol–water partition coefficient (Wildman–Crippen LogP) is 1.02. The molecule has 100 valence electrons. The second-order valence-corrected chi connectivity index (χ2v) is 6.84. The van der Waals surface area contributed by atoms with Gasteiger partial charge in [-0.3, -0.25) is 0 Å². The van der Waals surface area contributed by atoms with Gasteiger partial charge in [0.05, 0.1) is 0 Å². The summed E-state index contributed by atoms with van der Waals surface area (Å²) >= 11 is 0. The lowest BCUT2D eigenvalue weighted by molar-refractivity contribution is 0.504. The molecule has 1 aromatic heterocycles. The smallest absolute Gasteiger partial charge is 0.179 e. The number of pyridine rings is 1. The van der Waals surface area contributed by atoms with Crippen molar-refractivity contribution in [3.8, 4) is 0 Å². The topological polar surface area (TPSA) is 85.1 Å². The zero-order valence-corrected chi connectivity index (χ0v) is 11.3. The maximum Gasteiger partial charge on any atom is 0.179 e. The summed E-state index contributed by atoms with van der Waals surface area (Å²) in [7, 11) is -3.25. The third-order valence-corrected chi connectivity index (χ3v) is 4.55. The minimum absolute atomic E-state index is 0.211. The Labute approximate surface area is 108 Å². The van der Waals surface area contributed by atoms with Crippen molar-refractivity contribution >= 4 is 15.7 Å². The number of nitrogens with two attached hydrogens (primary N) is 1. The van der Waals surface area contributed by atoms with Gasteiger partial charge in [0, 0.05) is 25.0 Å². The maximum atomic E-state index is 11.6. The van der Waals surface area contributed by atoms with Gasteiger partial charge in [-0.05, 0) is 30.9 Å². The van der Waals surface area contributed by atoms with E-state index in [-0.39, 0.29) is 10.9 Å². The molecule has 2 rings (SSSR count). The van der Waals surface area contributed by atoms with Crippen molar-refractivity contribution in [3.63, 3.8) is 0 Å². The Kier molecular flexibility index (Phi) is 3.87. The first-order chi connectivity index (χ1) is 8.48. The van der Waals surface area contributed by atoms with Gasteiger partial charge < -0.3 is 11.1 Å². The van der Waals surface area contributed by atoms with E-state index in [1.165, 1.54) is 6.26 Å². The lowest BCUT2D eigenvalue weighted by atomic mass is 10.1. The predicted molar refractivity (Wildman–Crippen MR) is 71.2 cm³/mol. The van der Waals surface area contributed by atoms with Gasteiger partial charge in [-0.1, -0.05) is 6.42 Å². The van der Waals surface area contributed by atoms with E-state index >= 15 is 0 Å². The molecule has 1 saturated carbocycles. The van der Waals surface area contributed by atoms with Gasteiger partial charge in [0.2, 0.25) is 0 Å². The van der Waals surface area contributed by atoms with E-state index in [0.29, 0.717) is 18.3 Å². The fourth-order valence-electron chi connectivity index (χ4n) is 2.37. The van der Waals surface area contributed by atoms with Gasteiger partial charge in [-0.25, -0.2) is 13.4 Å². The number of hydrogen-bond donors (Lipinski definition) is 2. The third kappa shape index (κ3) is 3.00. The van der Waals surface area contributed by atoms with Crippen molar-refractivity contribution in [1.29, 1.82) is 0 Å². The third-order valence-electron chi connectivity index (χ3n) is 3.42. The molecule has 0 aromatic carbocycles. The van der Waals surface area contributed by atoms with E-state index < -0.39 is 9.84 Å². The Morgan fingerprint density at radius 2 is 2.28 bits per heavy atom. The lowest BCUT2D eigenvalue weighted by Crippen LogP contribution is -2.30. The Morgan fingerprint density at radius 3 is 2.89 bits per heavy atom. The molecule has 1 aromatic rings. The standard InChI is InChI=1S/C12H19N3O2S/c1-18(16,17)11-6-3-7-14-12(11)15-8-9-4-2-5-10(9)13/h3,6-7,9-10H,2,4-5,8,13H2,1H3,(H,14,15). The summed E-state index contributed by atoms with van der Waals surface area (Å²) < 4.78 is 23.2. The average molecular weight is 269 g/mol. The van der Waals surface area contributed by atoms with Crippen molar-refractivity contribution in [3.05, 3.63) is 18.3 Å². The van der Waals surface area contributed by atoms with Crippen molar-refractivity contribution < 1.29 is 8.42 Å². The summed E-state index contributed by atoms with van der Waals surface area (Å²) in [4.78, 5) is 4.35. The van der Waals surface area contributed by atoms with Crippen LogP contribution in [0.5, 0.6) is 0 Å². The molecule has 1 heterocycles. The summed E-state index contributed by atoms with van der Waals surface area (Å²) in [6.45, 7) is 0.681. The molecule has 1 fully saturated rings. The number of nitrogens with one attached hydrogen (secondary N) is 1. The van der Waals surface area contributed by atoms with E-state index in [4.69, 9.17) is 5.73 Å². The van der Waals surface area contributed by atoms with Gasteiger partial charge in [-0.15, -0.1) is 0 Å². The van der Waals surface area contributed by atoms with E-state index in [9.17, 15) is 8.42 Å². The molecule has 0 aliphatic heterocycles. The summed E-state index contributed by atoms with van der Waals surface area (Å²) in [5, 5.41) is 3.12. The summed E-state index contributed by atoms with van der Waals surface area (Å²) in [5.41, 5.74) is 5.99. The first-order valence-corrected chi connectivity index (χ1v) is 8.02. The Bertz CT molecular complexity index is 516. The number of nitrogens with zero attached hydrogens (tertiary/aromatic N) is 1. The SMILES string of the molecule is CS(=O)(=O)c1cccnc1NCC1CCCC1N. The molecular weight excluding hydrogens is 250 g/mol. The van der Waals surface area contributed by atoms with Crippen LogP contribution in [0, 0.1) is 5.92 Å². The molecule has 0 saturated heterocycles. The summed E-state index contributed by atoms with van der Waals surface area (Å²) in [6.07, 6.45) is 6.07. The van der Waals surface area contributed by atoms with E-state index in [2.05, 4.69) is 10.3 Å². The highest BCUT2D eigenvalue weighted by atomic mass is 32.2. The Balaban J connectivity index is 2.10. The van der Waals surface area contributed by atoms with Crippen molar-refractivity contribution in [2.24, 2.45) is 11.7 Å². The molecule has 3 N–H and O–H groups in total. The molecule has 6 heteroatoms. The van der Waals surface area contributed by atoms with Crippen LogP contribution in [0.2, 0.25) is 0 Å². The van der Waals surface area contributed by atoms with Gasteiger partial charge in [0.25, 0.3) is 0 Å². The maximum absolute atomic E-state index is 11.6. The minimum Gasteiger partial charge on any atom is -0.369 e. The number of sulfone groups is 1. The molecule has 2 unspecified atom stereocenters. The average Bonchev–Trinajstić information content (AvgIpc) is 2.71. The molecular formula is C12H19N3O2S. The quantitative estimate of drug-likeness (QED) is 0.852. The zero-order valence-electron chi connectivity index (χ0n) is 10.5. The highest BCUT2D eigenvalue weighted by Crippen LogP contribution is 2.25. The van der Waals surface area contributed by atoms with Crippen LogP contribution in [-0.2, 0) is 9.84 Å². The van der Waals surface area contributed by atoms with Crippen LogP contribution in [0.4, 0.5) is 5.82 Å². The second-order valence-electron chi connectivity index (χ2n) is 4.86. The number of aromatic nitrogens is 1. The van der Waals surface area contributed by atoms with Crippen LogP contribution in [0.25, 0.3) is 0 Å². The van der Waals surface area contributed by atoms with Crippen LogP contribution in [0.15, 0.2) is 23.2 Å². The number of hydrogen-bond acceptors (Lipinski definition) is 5. The monoisotopic (exact) mass is 269 g/mol. The van der Waals surface area contributed by atoms with Gasteiger partial charge >= 0.3 is 0 Å². The Hall–Kier alpha value is -1.14. The van der Waals surface area contributed by atoms with E-state index in [0.717, 1.165) is 19.3 Å². The molecule has 1 aliphatic rings. The van der Waals surface area contributed by atoms with Crippen molar-refractivity contribution in [2.45, 2.75) is 30.2 Å². The lowest BCUT2D eigenvalue weighted by Gasteiger charge is -2.17. The summed E-state index contributed by atoms with van der Waals surface area (Å²) in [5.74, 6) is 0.832. The minimum atomic E-state index is -3.25. The van der Waals surface area contributed by atoms with Gasteiger partial charge in [0.15, 0.2) is 9.84 Å². The second kappa shape index (κ2) is 5.24. The van der Waals surface area contributed by atoms with Crippen LogP contribution < -0.4 is 11.1 Å². The van der Waals surface area contributed by atoms with Gasteiger partial charge in [-0.2, -0.15) is 0 Å². The molecule has 0 bridgehead atoms. The van der Waals surface area contributed by atoms with Crippen LogP contribution in [-0.4, -0.2) is 32.2 Å². The van der Waals surface area contributed by atoms with Crippen LogP contribution in [0.3, 0.4) is 0 Å². The largest absolute Gasteiger partial charge is 0.369 e. The number of rotatable bonds is 4. The van der Waals surface area contributed by atoms with Gasteiger partial charge in [0.1, 0.15) is 10.7 Å². The molecule has 18 heavy (non-hydrogen) atoms. The van der Waals surface area contributed by atoms with E-state index in [1.54, 1.807) is 18.3 Å². The summed E-state index contributed by atoms with van der Waals surface area (Å²) in [6, 6.07) is 3.41. The molecule has 5 nitrogen and oxygen atoms in total. The van der Waals surface area contributed by atoms with Crippen LogP contribution >= 0.6 is 0 Å². The first-order valence-electron chi connectivity index (χ1n) is 6.13. The molecule has 0 spiro atoms. The van der Waals surface area contributed by atoms with Crippen LogP contribution in [0.1, 0.15) is 19.3 Å². The van der Waals surface area contributed by atoms with Crippen molar-refractivity contribution in [1.82, 2.24) is 4.98 Å².